The van der Waals surface area contributed by atoms with Gasteiger partial charge in [-0.2, -0.15) is 0 Å². The van der Waals surface area contributed by atoms with Crippen LogP contribution >= 0.6 is 0 Å². The quantitative estimate of drug-likeness (QED) is 0.713. The second kappa shape index (κ2) is 9.94. The first-order valence-electron chi connectivity index (χ1n) is 11.2. The van der Waals surface area contributed by atoms with Crippen molar-refractivity contribution >= 4 is 17.7 Å². The summed E-state index contributed by atoms with van der Waals surface area (Å²) >= 11 is 0. The Morgan fingerprint density at radius 3 is 2.34 bits per heavy atom. The molecule has 32 heavy (non-hydrogen) atoms. The molecule has 7 heteroatoms. The van der Waals surface area contributed by atoms with Crippen LogP contribution in [-0.4, -0.2) is 44.2 Å². The Hall–Kier alpha value is -3.22. The van der Waals surface area contributed by atoms with Gasteiger partial charge in [-0.05, 0) is 61.1 Å². The number of carbonyl (C=O) groups is 2. The van der Waals surface area contributed by atoms with Crippen LogP contribution in [0.4, 0.5) is 10.5 Å². The van der Waals surface area contributed by atoms with Gasteiger partial charge < -0.3 is 19.1 Å². The zero-order valence-electron chi connectivity index (χ0n) is 18.6. The van der Waals surface area contributed by atoms with Crippen molar-refractivity contribution in [1.82, 2.24) is 4.90 Å². The Balaban J connectivity index is 1.40. The van der Waals surface area contributed by atoms with E-state index in [1.54, 1.807) is 49.6 Å². The molecule has 0 bridgehead atoms. The highest BCUT2D eigenvalue weighted by molar-refractivity contribution is 5.98. The number of piperidine rings is 1. The van der Waals surface area contributed by atoms with Gasteiger partial charge in [0.15, 0.2) is 0 Å². The molecule has 0 aromatic heterocycles. The zero-order valence-corrected chi connectivity index (χ0v) is 18.6. The molecule has 7 nitrogen and oxygen atoms in total. The van der Waals surface area contributed by atoms with Crippen LogP contribution in [0.2, 0.25) is 0 Å². The third-order valence-electron chi connectivity index (χ3n) is 6.53. The molecule has 2 aromatic rings. The predicted molar refractivity (Wildman–Crippen MR) is 122 cm³/mol. The largest absolute Gasteiger partial charge is 0.497 e. The molecule has 2 aliphatic rings. The predicted octanol–water partition coefficient (Wildman–Crippen LogP) is 4.97. The van der Waals surface area contributed by atoms with Gasteiger partial charge in [0.1, 0.15) is 17.2 Å². The smallest absolute Gasteiger partial charge is 0.417 e. The van der Waals surface area contributed by atoms with Crippen molar-refractivity contribution in [2.75, 3.05) is 32.6 Å². The van der Waals surface area contributed by atoms with Crippen LogP contribution in [-0.2, 0) is 0 Å². The number of amides is 2. The van der Waals surface area contributed by atoms with Crippen LogP contribution in [0.3, 0.4) is 0 Å². The topological polar surface area (TPSA) is 77.1 Å². The van der Waals surface area contributed by atoms with Crippen molar-refractivity contribution in [3.63, 3.8) is 0 Å². The molecule has 0 radical (unpaired) electrons. The SMILES string of the molecule is COc1ccc(OC(=O)Nc2ccc(C(=O)N3CC[C@H]4CCCC[C@H]4C3)c(OC)c2)cc1. The van der Waals surface area contributed by atoms with Crippen molar-refractivity contribution < 1.29 is 23.8 Å². The minimum atomic E-state index is -0.629. The minimum Gasteiger partial charge on any atom is -0.497 e. The summed E-state index contributed by atoms with van der Waals surface area (Å²) in [5, 5.41) is 2.68. The summed E-state index contributed by atoms with van der Waals surface area (Å²) in [6, 6.07) is 11.8. The number of anilines is 1. The van der Waals surface area contributed by atoms with E-state index in [1.807, 2.05) is 4.90 Å². The number of nitrogens with one attached hydrogen (secondary N) is 1. The molecule has 2 atom stereocenters. The van der Waals surface area contributed by atoms with E-state index in [1.165, 1.54) is 32.8 Å². The van der Waals surface area contributed by atoms with Gasteiger partial charge in [-0.25, -0.2) is 4.79 Å². The van der Waals surface area contributed by atoms with Crippen LogP contribution in [0.15, 0.2) is 42.5 Å². The molecule has 2 amide bonds. The van der Waals surface area contributed by atoms with E-state index >= 15 is 0 Å². The Bertz CT molecular complexity index is 959. The molecule has 1 heterocycles. The summed E-state index contributed by atoms with van der Waals surface area (Å²) in [7, 11) is 3.10. The lowest BCUT2D eigenvalue weighted by Gasteiger charge is -2.41. The molecule has 1 N–H and O–H groups in total. The van der Waals surface area contributed by atoms with Gasteiger partial charge in [0.05, 0.1) is 19.8 Å². The molecule has 1 saturated heterocycles. The summed E-state index contributed by atoms with van der Waals surface area (Å²) in [6.45, 7) is 1.61. The highest BCUT2D eigenvalue weighted by atomic mass is 16.6. The maximum absolute atomic E-state index is 13.2. The number of carbonyl (C=O) groups excluding carboxylic acids is 2. The molecule has 1 aliphatic carbocycles. The Kier molecular flexibility index (Phi) is 6.83. The molecular formula is C25H30N2O5. The van der Waals surface area contributed by atoms with E-state index in [4.69, 9.17) is 14.2 Å². The summed E-state index contributed by atoms with van der Waals surface area (Å²) in [5.41, 5.74) is 0.999. The Labute approximate surface area is 188 Å². The molecule has 170 valence electrons. The number of hydrogen-bond donors (Lipinski definition) is 1. The number of nitrogens with zero attached hydrogens (tertiary/aromatic N) is 1. The zero-order chi connectivity index (χ0) is 22.5. The second-order valence-corrected chi connectivity index (χ2v) is 8.45. The average Bonchev–Trinajstić information content (AvgIpc) is 2.83. The van der Waals surface area contributed by atoms with E-state index in [0.29, 0.717) is 34.4 Å². The van der Waals surface area contributed by atoms with E-state index in [2.05, 4.69) is 5.32 Å². The van der Waals surface area contributed by atoms with Gasteiger partial charge >= 0.3 is 6.09 Å². The Morgan fingerprint density at radius 1 is 0.906 bits per heavy atom. The van der Waals surface area contributed by atoms with E-state index in [-0.39, 0.29) is 5.91 Å². The van der Waals surface area contributed by atoms with Crippen molar-refractivity contribution in [2.24, 2.45) is 11.8 Å². The molecular weight excluding hydrogens is 408 g/mol. The molecule has 1 saturated carbocycles. The average molecular weight is 439 g/mol. The van der Waals surface area contributed by atoms with Crippen molar-refractivity contribution in [1.29, 1.82) is 0 Å². The number of rotatable bonds is 5. The standard InChI is InChI=1S/C25H30N2O5/c1-30-20-8-10-21(11-9-20)32-25(29)26-19-7-12-22(23(15-19)31-2)24(28)27-14-13-17-5-3-4-6-18(17)16-27/h7-12,15,17-18H,3-6,13-14,16H2,1-2H3,(H,26,29)/t17-,18+/m1/s1. The van der Waals surface area contributed by atoms with Crippen molar-refractivity contribution in [2.45, 2.75) is 32.1 Å². The second-order valence-electron chi connectivity index (χ2n) is 8.45. The van der Waals surface area contributed by atoms with Crippen molar-refractivity contribution in [3.05, 3.63) is 48.0 Å². The number of ether oxygens (including phenoxy) is 3. The number of likely N-dealkylation sites (tertiary alicyclic amines) is 1. The fourth-order valence-electron chi connectivity index (χ4n) is 4.80. The molecule has 0 unspecified atom stereocenters. The van der Waals surface area contributed by atoms with Crippen molar-refractivity contribution in [3.8, 4) is 17.2 Å². The highest BCUT2D eigenvalue weighted by Gasteiger charge is 2.33. The van der Waals surface area contributed by atoms with Gasteiger partial charge in [-0.15, -0.1) is 0 Å². The third kappa shape index (κ3) is 4.98. The summed E-state index contributed by atoms with van der Waals surface area (Å²) in [5.74, 6) is 2.86. The molecule has 2 aromatic carbocycles. The summed E-state index contributed by atoms with van der Waals surface area (Å²) in [6.07, 6.45) is 5.54. The van der Waals surface area contributed by atoms with Crippen LogP contribution < -0.4 is 19.5 Å². The lowest BCUT2D eigenvalue weighted by Crippen LogP contribution is -2.44. The van der Waals surface area contributed by atoms with Crippen LogP contribution in [0.1, 0.15) is 42.5 Å². The maximum Gasteiger partial charge on any atom is 0.417 e. The van der Waals surface area contributed by atoms with E-state index in [0.717, 1.165) is 25.4 Å². The first kappa shape index (κ1) is 22.0. The molecule has 0 spiro atoms. The van der Waals surface area contributed by atoms with Gasteiger partial charge in [0, 0.05) is 24.8 Å². The van der Waals surface area contributed by atoms with E-state index in [9.17, 15) is 9.59 Å². The van der Waals surface area contributed by atoms with E-state index < -0.39 is 6.09 Å². The third-order valence-corrected chi connectivity index (χ3v) is 6.53. The first-order chi connectivity index (χ1) is 15.6. The van der Waals surface area contributed by atoms with Crippen LogP contribution in [0, 0.1) is 11.8 Å². The number of hydrogen-bond acceptors (Lipinski definition) is 5. The lowest BCUT2D eigenvalue weighted by molar-refractivity contribution is 0.0518. The van der Waals surface area contributed by atoms with Crippen LogP contribution in [0.25, 0.3) is 0 Å². The molecule has 4 rings (SSSR count). The fourth-order valence-corrected chi connectivity index (χ4v) is 4.80. The Morgan fingerprint density at radius 2 is 1.62 bits per heavy atom. The number of benzene rings is 2. The van der Waals surface area contributed by atoms with Gasteiger partial charge in [0.2, 0.25) is 0 Å². The van der Waals surface area contributed by atoms with Gasteiger partial charge in [0.25, 0.3) is 5.91 Å². The lowest BCUT2D eigenvalue weighted by atomic mass is 9.75. The molecule has 2 fully saturated rings. The molecule has 1 aliphatic heterocycles. The maximum atomic E-state index is 13.2. The summed E-state index contributed by atoms with van der Waals surface area (Å²) in [4.78, 5) is 27.4. The normalized spacial score (nSPS) is 20.1. The summed E-state index contributed by atoms with van der Waals surface area (Å²) < 4.78 is 15.9. The van der Waals surface area contributed by atoms with Gasteiger partial charge in [-0.3, -0.25) is 10.1 Å². The highest BCUT2D eigenvalue weighted by Crippen LogP contribution is 2.37. The van der Waals surface area contributed by atoms with Crippen LogP contribution in [0.5, 0.6) is 17.2 Å². The monoisotopic (exact) mass is 438 g/mol. The van der Waals surface area contributed by atoms with Gasteiger partial charge in [-0.1, -0.05) is 19.3 Å². The minimum absolute atomic E-state index is 0.0155. The number of fused-ring (bicyclic) bond motifs is 1. The fraction of sp³-hybridized carbons (Fsp3) is 0.440. The number of methoxy groups -OCH3 is 2. The first-order valence-corrected chi connectivity index (χ1v) is 11.2.